The fourth-order valence-corrected chi connectivity index (χ4v) is 2.79. The summed E-state index contributed by atoms with van der Waals surface area (Å²) in [5.41, 5.74) is -0.567. The molecule has 21 heavy (non-hydrogen) atoms. The van der Waals surface area contributed by atoms with Gasteiger partial charge >= 0.3 is 5.97 Å². The molecule has 0 radical (unpaired) electrons. The normalized spacial score (nSPS) is 18.0. The maximum absolute atomic E-state index is 12.5. The molecule has 0 heterocycles. The van der Waals surface area contributed by atoms with E-state index in [1.54, 1.807) is 7.11 Å². The van der Waals surface area contributed by atoms with Gasteiger partial charge in [0.25, 0.3) is 0 Å². The number of ether oxygens (including phenoxy) is 2. The average molecular weight is 300 g/mol. The quantitative estimate of drug-likeness (QED) is 0.588. The fraction of sp³-hybridized carbons (Fsp3) is 0.938. The van der Waals surface area contributed by atoms with E-state index in [0.717, 1.165) is 32.4 Å². The molecule has 1 atom stereocenters. The van der Waals surface area contributed by atoms with Crippen molar-refractivity contribution in [3.63, 3.8) is 0 Å². The number of methoxy groups -OCH3 is 2. The molecular formula is C16H32N2O3. The summed E-state index contributed by atoms with van der Waals surface area (Å²) < 4.78 is 10.3. The van der Waals surface area contributed by atoms with E-state index in [9.17, 15) is 4.79 Å². The lowest BCUT2D eigenvalue weighted by atomic mass is 9.91. The molecule has 1 aliphatic carbocycles. The van der Waals surface area contributed by atoms with Crippen LogP contribution in [0.25, 0.3) is 0 Å². The Bertz CT molecular complexity index is 319. The van der Waals surface area contributed by atoms with E-state index in [-0.39, 0.29) is 5.97 Å². The lowest BCUT2D eigenvalue weighted by molar-refractivity contribution is -0.151. The van der Waals surface area contributed by atoms with Gasteiger partial charge in [-0.2, -0.15) is 0 Å². The SMILES string of the molecule is CCCNC(CN(CCOC)C(C)C)(C(=O)OC)C1CC1. The Labute approximate surface area is 129 Å². The van der Waals surface area contributed by atoms with Gasteiger partial charge in [-0.25, -0.2) is 4.79 Å². The first-order valence-corrected chi connectivity index (χ1v) is 8.08. The summed E-state index contributed by atoms with van der Waals surface area (Å²) in [5, 5.41) is 3.50. The van der Waals surface area contributed by atoms with Crippen LogP contribution >= 0.6 is 0 Å². The van der Waals surface area contributed by atoms with Gasteiger partial charge in [-0.3, -0.25) is 4.90 Å². The second-order valence-electron chi connectivity index (χ2n) is 6.22. The molecule has 1 fully saturated rings. The summed E-state index contributed by atoms with van der Waals surface area (Å²) in [6, 6.07) is 0.367. The van der Waals surface area contributed by atoms with Crippen molar-refractivity contribution in [3.8, 4) is 0 Å². The number of carbonyl (C=O) groups excluding carboxylic acids is 1. The van der Waals surface area contributed by atoms with E-state index in [0.29, 0.717) is 25.1 Å². The topological polar surface area (TPSA) is 50.8 Å². The van der Waals surface area contributed by atoms with Crippen molar-refractivity contribution in [3.05, 3.63) is 0 Å². The third-order valence-electron chi connectivity index (χ3n) is 4.28. The molecule has 1 saturated carbocycles. The van der Waals surface area contributed by atoms with Gasteiger partial charge in [0.05, 0.1) is 13.7 Å². The molecule has 0 aromatic carbocycles. The number of hydrogen-bond donors (Lipinski definition) is 1. The van der Waals surface area contributed by atoms with E-state index < -0.39 is 5.54 Å². The summed E-state index contributed by atoms with van der Waals surface area (Å²) in [6.45, 7) is 9.45. The third kappa shape index (κ3) is 4.94. The monoisotopic (exact) mass is 300 g/mol. The Morgan fingerprint density at radius 2 is 2.05 bits per heavy atom. The minimum Gasteiger partial charge on any atom is -0.468 e. The molecular weight excluding hydrogens is 268 g/mol. The van der Waals surface area contributed by atoms with Gasteiger partial charge in [-0.1, -0.05) is 6.92 Å². The summed E-state index contributed by atoms with van der Waals surface area (Å²) in [5.74, 6) is 0.266. The molecule has 1 unspecified atom stereocenters. The maximum atomic E-state index is 12.5. The van der Waals surface area contributed by atoms with Gasteiger partial charge in [0.2, 0.25) is 0 Å². The lowest BCUT2D eigenvalue weighted by Gasteiger charge is -2.39. The zero-order valence-electron chi connectivity index (χ0n) is 14.3. The predicted molar refractivity (Wildman–Crippen MR) is 84.3 cm³/mol. The molecule has 124 valence electrons. The summed E-state index contributed by atoms with van der Waals surface area (Å²) in [6.07, 6.45) is 3.20. The second kappa shape index (κ2) is 8.71. The van der Waals surface area contributed by atoms with Gasteiger partial charge in [0, 0.05) is 26.2 Å². The van der Waals surface area contributed by atoms with E-state index >= 15 is 0 Å². The molecule has 0 spiro atoms. The summed E-state index contributed by atoms with van der Waals surface area (Å²) >= 11 is 0. The third-order valence-corrected chi connectivity index (χ3v) is 4.28. The molecule has 0 aliphatic heterocycles. The highest BCUT2D eigenvalue weighted by Gasteiger charge is 2.52. The molecule has 1 aliphatic rings. The molecule has 0 saturated heterocycles. The highest BCUT2D eigenvalue weighted by Crippen LogP contribution is 2.41. The molecule has 1 rings (SSSR count). The summed E-state index contributed by atoms with van der Waals surface area (Å²) in [4.78, 5) is 14.8. The Hall–Kier alpha value is -0.650. The first-order chi connectivity index (χ1) is 10.0. The zero-order valence-corrected chi connectivity index (χ0v) is 14.3. The maximum Gasteiger partial charge on any atom is 0.327 e. The van der Waals surface area contributed by atoms with Gasteiger partial charge in [0.1, 0.15) is 5.54 Å². The lowest BCUT2D eigenvalue weighted by Crippen LogP contribution is -2.62. The van der Waals surface area contributed by atoms with Crippen molar-refractivity contribution in [2.75, 3.05) is 40.5 Å². The number of hydrogen-bond acceptors (Lipinski definition) is 5. The molecule has 5 nitrogen and oxygen atoms in total. The van der Waals surface area contributed by atoms with Crippen molar-refractivity contribution in [2.45, 2.75) is 51.6 Å². The van der Waals surface area contributed by atoms with Crippen LogP contribution in [0.15, 0.2) is 0 Å². The average Bonchev–Trinajstić information content (AvgIpc) is 3.30. The Balaban J connectivity index is 2.89. The molecule has 1 N–H and O–H groups in total. The van der Waals surface area contributed by atoms with Crippen LogP contribution in [0.2, 0.25) is 0 Å². The fourth-order valence-electron chi connectivity index (χ4n) is 2.79. The van der Waals surface area contributed by atoms with Crippen molar-refractivity contribution < 1.29 is 14.3 Å². The smallest absolute Gasteiger partial charge is 0.327 e. The molecule has 0 aromatic rings. The van der Waals surface area contributed by atoms with Crippen LogP contribution in [0.3, 0.4) is 0 Å². The van der Waals surface area contributed by atoms with Gasteiger partial charge in [-0.15, -0.1) is 0 Å². The van der Waals surface area contributed by atoms with Crippen LogP contribution < -0.4 is 5.32 Å². The van der Waals surface area contributed by atoms with Gasteiger partial charge in [0.15, 0.2) is 0 Å². The van der Waals surface area contributed by atoms with E-state index in [2.05, 4.69) is 31.0 Å². The number of nitrogens with zero attached hydrogens (tertiary/aromatic N) is 1. The summed E-state index contributed by atoms with van der Waals surface area (Å²) in [7, 11) is 3.20. The Morgan fingerprint density at radius 1 is 1.38 bits per heavy atom. The van der Waals surface area contributed by atoms with E-state index in [4.69, 9.17) is 9.47 Å². The van der Waals surface area contributed by atoms with Crippen LogP contribution in [0.4, 0.5) is 0 Å². The predicted octanol–water partition coefficient (Wildman–Crippen LogP) is 1.66. The first kappa shape index (κ1) is 18.4. The first-order valence-electron chi connectivity index (χ1n) is 8.08. The van der Waals surface area contributed by atoms with Crippen molar-refractivity contribution in [1.29, 1.82) is 0 Å². The number of nitrogens with one attached hydrogen (secondary N) is 1. The van der Waals surface area contributed by atoms with Crippen LogP contribution in [0.1, 0.15) is 40.0 Å². The van der Waals surface area contributed by atoms with Gasteiger partial charge in [-0.05, 0) is 45.6 Å². The van der Waals surface area contributed by atoms with Crippen LogP contribution in [0, 0.1) is 5.92 Å². The largest absolute Gasteiger partial charge is 0.468 e. The zero-order chi connectivity index (χ0) is 15.9. The van der Waals surface area contributed by atoms with Crippen molar-refractivity contribution in [1.82, 2.24) is 10.2 Å². The Kier molecular flexibility index (Phi) is 7.63. The number of carbonyl (C=O) groups is 1. The van der Waals surface area contributed by atoms with Gasteiger partial charge < -0.3 is 14.8 Å². The van der Waals surface area contributed by atoms with Crippen LogP contribution in [0.5, 0.6) is 0 Å². The van der Waals surface area contributed by atoms with Crippen LogP contribution in [-0.4, -0.2) is 62.9 Å². The Morgan fingerprint density at radius 3 is 2.48 bits per heavy atom. The van der Waals surface area contributed by atoms with Crippen molar-refractivity contribution >= 4 is 5.97 Å². The van der Waals surface area contributed by atoms with E-state index in [1.165, 1.54) is 7.11 Å². The van der Waals surface area contributed by atoms with Crippen LogP contribution in [-0.2, 0) is 14.3 Å². The molecule has 0 amide bonds. The number of rotatable bonds is 11. The van der Waals surface area contributed by atoms with E-state index in [1.807, 2.05) is 0 Å². The molecule has 0 aromatic heterocycles. The molecule has 0 bridgehead atoms. The highest BCUT2D eigenvalue weighted by molar-refractivity contribution is 5.82. The number of esters is 1. The van der Waals surface area contributed by atoms with Crippen molar-refractivity contribution in [2.24, 2.45) is 5.92 Å². The minimum atomic E-state index is -0.567. The molecule has 5 heteroatoms. The highest BCUT2D eigenvalue weighted by atomic mass is 16.5. The minimum absolute atomic E-state index is 0.124. The second-order valence-corrected chi connectivity index (χ2v) is 6.22. The standard InChI is InChI=1S/C16H32N2O3/c1-6-9-17-16(14-7-8-14,15(19)21-5)12-18(13(2)3)10-11-20-4/h13-14,17H,6-12H2,1-5H3.